The van der Waals surface area contributed by atoms with E-state index in [1.807, 2.05) is 0 Å². The molecule has 3 rings (SSSR count). The van der Waals surface area contributed by atoms with Crippen molar-refractivity contribution in [3.05, 3.63) is 0 Å². The molecule has 1 saturated heterocycles. The third-order valence-electron chi connectivity index (χ3n) is 4.53. The zero-order valence-electron chi connectivity index (χ0n) is 9.95. The zero-order valence-corrected chi connectivity index (χ0v) is 9.95. The highest BCUT2D eigenvalue weighted by Gasteiger charge is 2.38. The summed E-state index contributed by atoms with van der Waals surface area (Å²) in [5.74, 6) is 1.48. The molecule has 90 valence electrons. The SMILES string of the molecule is N=C(C1CCCC1)N1CCOC2CCCC21. The molecule has 1 heterocycles. The fourth-order valence-corrected chi connectivity index (χ4v) is 3.66. The van der Waals surface area contributed by atoms with Crippen LogP contribution in [0.25, 0.3) is 0 Å². The number of ether oxygens (including phenoxy) is 1. The van der Waals surface area contributed by atoms with E-state index in [0.717, 1.165) is 19.0 Å². The quantitative estimate of drug-likeness (QED) is 0.546. The van der Waals surface area contributed by atoms with E-state index >= 15 is 0 Å². The van der Waals surface area contributed by atoms with Crippen molar-refractivity contribution < 1.29 is 4.74 Å². The average molecular weight is 222 g/mol. The Morgan fingerprint density at radius 3 is 2.69 bits per heavy atom. The summed E-state index contributed by atoms with van der Waals surface area (Å²) in [7, 11) is 0. The third-order valence-corrected chi connectivity index (χ3v) is 4.53. The zero-order chi connectivity index (χ0) is 11.0. The first-order valence-electron chi connectivity index (χ1n) is 6.83. The first kappa shape index (κ1) is 10.6. The summed E-state index contributed by atoms with van der Waals surface area (Å²) in [6, 6.07) is 0.529. The van der Waals surface area contributed by atoms with Crippen LogP contribution in [-0.2, 0) is 4.74 Å². The molecular formula is C13H22N2O. The van der Waals surface area contributed by atoms with E-state index < -0.39 is 0 Å². The van der Waals surface area contributed by atoms with Gasteiger partial charge in [0.25, 0.3) is 0 Å². The van der Waals surface area contributed by atoms with Gasteiger partial charge in [-0.25, -0.2) is 0 Å². The standard InChI is InChI=1S/C13H22N2O/c14-13(10-4-1-2-5-10)15-8-9-16-12-7-3-6-11(12)15/h10-12,14H,1-9H2. The van der Waals surface area contributed by atoms with Crippen LogP contribution in [0.3, 0.4) is 0 Å². The molecule has 0 spiro atoms. The minimum absolute atomic E-state index is 0.426. The lowest BCUT2D eigenvalue weighted by Gasteiger charge is -2.40. The maximum absolute atomic E-state index is 8.40. The van der Waals surface area contributed by atoms with Gasteiger partial charge < -0.3 is 9.64 Å². The van der Waals surface area contributed by atoms with Gasteiger partial charge in [-0.15, -0.1) is 0 Å². The summed E-state index contributed by atoms with van der Waals surface area (Å²) in [5, 5.41) is 8.40. The summed E-state index contributed by atoms with van der Waals surface area (Å²) in [6.45, 7) is 1.78. The van der Waals surface area contributed by atoms with Crippen molar-refractivity contribution in [2.75, 3.05) is 13.2 Å². The molecule has 3 fully saturated rings. The molecule has 16 heavy (non-hydrogen) atoms. The number of rotatable bonds is 1. The largest absolute Gasteiger partial charge is 0.374 e. The molecule has 0 radical (unpaired) electrons. The maximum atomic E-state index is 8.40. The van der Waals surface area contributed by atoms with Crippen LogP contribution in [0.1, 0.15) is 44.9 Å². The van der Waals surface area contributed by atoms with Crippen molar-refractivity contribution in [2.24, 2.45) is 5.92 Å². The molecule has 2 saturated carbocycles. The number of morpholine rings is 1. The van der Waals surface area contributed by atoms with E-state index in [4.69, 9.17) is 10.1 Å². The summed E-state index contributed by atoms with van der Waals surface area (Å²) < 4.78 is 5.81. The minimum Gasteiger partial charge on any atom is -0.374 e. The normalized spacial score (nSPS) is 35.4. The molecule has 1 aliphatic heterocycles. The smallest absolute Gasteiger partial charge is 0.0993 e. The third kappa shape index (κ3) is 1.75. The molecule has 0 amide bonds. The van der Waals surface area contributed by atoms with Crippen LogP contribution in [-0.4, -0.2) is 36.0 Å². The van der Waals surface area contributed by atoms with Crippen LogP contribution in [0.4, 0.5) is 0 Å². The molecule has 3 nitrogen and oxygen atoms in total. The number of nitrogens with one attached hydrogen (secondary N) is 1. The molecule has 2 aliphatic carbocycles. The van der Waals surface area contributed by atoms with Crippen LogP contribution >= 0.6 is 0 Å². The number of hydrogen-bond donors (Lipinski definition) is 1. The molecule has 3 aliphatic rings. The highest BCUT2D eigenvalue weighted by atomic mass is 16.5. The van der Waals surface area contributed by atoms with Gasteiger partial charge in [0, 0.05) is 12.5 Å². The average Bonchev–Trinajstić information content (AvgIpc) is 2.98. The molecule has 2 atom stereocenters. The van der Waals surface area contributed by atoms with Crippen molar-refractivity contribution in [3.63, 3.8) is 0 Å². The molecule has 0 aromatic carbocycles. The number of hydrogen-bond acceptors (Lipinski definition) is 2. The van der Waals surface area contributed by atoms with E-state index in [1.54, 1.807) is 0 Å². The van der Waals surface area contributed by atoms with E-state index in [0.29, 0.717) is 18.1 Å². The Hall–Kier alpha value is -0.570. The fraction of sp³-hybridized carbons (Fsp3) is 0.923. The van der Waals surface area contributed by atoms with Crippen molar-refractivity contribution in [1.29, 1.82) is 5.41 Å². The number of amidine groups is 1. The Labute approximate surface area is 97.7 Å². The van der Waals surface area contributed by atoms with Gasteiger partial charge in [-0.2, -0.15) is 0 Å². The van der Waals surface area contributed by atoms with Crippen LogP contribution in [0.2, 0.25) is 0 Å². The van der Waals surface area contributed by atoms with E-state index in [1.165, 1.54) is 44.9 Å². The number of nitrogens with zero attached hydrogens (tertiary/aromatic N) is 1. The van der Waals surface area contributed by atoms with Crippen LogP contribution in [0.15, 0.2) is 0 Å². The Morgan fingerprint density at radius 1 is 1.06 bits per heavy atom. The fourth-order valence-electron chi connectivity index (χ4n) is 3.66. The van der Waals surface area contributed by atoms with Crippen molar-refractivity contribution in [3.8, 4) is 0 Å². The predicted octanol–water partition coefficient (Wildman–Crippen LogP) is 2.41. The van der Waals surface area contributed by atoms with Gasteiger partial charge in [-0.1, -0.05) is 12.8 Å². The Kier molecular flexibility index (Phi) is 2.88. The minimum atomic E-state index is 0.426. The van der Waals surface area contributed by atoms with Crippen molar-refractivity contribution in [2.45, 2.75) is 57.1 Å². The van der Waals surface area contributed by atoms with Gasteiger partial charge in [0.05, 0.1) is 24.6 Å². The van der Waals surface area contributed by atoms with Crippen LogP contribution < -0.4 is 0 Å². The second-order valence-electron chi connectivity index (χ2n) is 5.47. The van der Waals surface area contributed by atoms with Crippen LogP contribution in [0.5, 0.6) is 0 Å². The highest BCUT2D eigenvalue weighted by molar-refractivity contribution is 5.82. The molecule has 0 aromatic rings. The summed E-state index contributed by atoms with van der Waals surface area (Å²) >= 11 is 0. The lowest BCUT2D eigenvalue weighted by atomic mass is 10.0. The second kappa shape index (κ2) is 4.36. The monoisotopic (exact) mass is 222 g/mol. The number of fused-ring (bicyclic) bond motifs is 1. The molecular weight excluding hydrogens is 200 g/mol. The van der Waals surface area contributed by atoms with E-state index in [-0.39, 0.29) is 0 Å². The summed E-state index contributed by atoms with van der Waals surface area (Å²) in [5.41, 5.74) is 0. The Bertz CT molecular complexity index is 273. The molecule has 1 N–H and O–H groups in total. The molecule has 0 aromatic heterocycles. The lowest BCUT2D eigenvalue weighted by molar-refractivity contribution is -0.0312. The first-order chi connectivity index (χ1) is 7.86. The second-order valence-corrected chi connectivity index (χ2v) is 5.47. The highest BCUT2D eigenvalue weighted by Crippen LogP contribution is 2.33. The van der Waals surface area contributed by atoms with Gasteiger partial charge in [0.15, 0.2) is 0 Å². The molecule has 3 heteroatoms. The van der Waals surface area contributed by atoms with Crippen molar-refractivity contribution >= 4 is 5.84 Å². The Morgan fingerprint density at radius 2 is 1.88 bits per heavy atom. The predicted molar refractivity (Wildman–Crippen MR) is 63.8 cm³/mol. The Balaban J connectivity index is 1.70. The van der Waals surface area contributed by atoms with E-state index in [2.05, 4.69) is 4.90 Å². The van der Waals surface area contributed by atoms with Crippen molar-refractivity contribution in [1.82, 2.24) is 4.90 Å². The van der Waals surface area contributed by atoms with Gasteiger partial charge in [0.1, 0.15) is 0 Å². The molecule has 2 unspecified atom stereocenters. The van der Waals surface area contributed by atoms with Gasteiger partial charge in [-0.05, 0) is 32.1 Å². The first-order valence-corrected chi connectivity index (χ1v) is 6.83. The summed E-state index contributed by atoms with van der Waals surface area (Å²) in [4.78, 5) is 2.37. The van der Waals surface area contributed by atoms with Gasteiger partial charge in [-0.3, -0.25) is 5.41 Å². The lowest BCUT2D eigenvalue weighted by Crippen LogP contribution is -2.52. The van der Waals surface area contributed by atoms with E-state index in [9.17, 15) is 0 Å². The molecule has 0 bridgehead atoms. The van der Waals surface area contributed by atoms with Crippen LogP contribution in [0, 0.1) is 11.3 Å². The maximum Gasteiger partial charge on any atom is 0.0993 e. The topological polar surface area (TPSA) is 36.3 Å². The van der Waals surface area contributed by atoms with Gasteiger partial charge >= 0.3 is 0 Å². The van der Waals surface area contributed by atoms with Gasteiger partial charge in [0.2, 0.25) is 0 Å². The summed E-state index contributed by atoms with van der Waals surface area (Å²) in [6.07, 6.45) is 9.29.